The molecule has 1 fully saturated rings. The molecule has 3 rings (SSSR count). The van der Waals surface area contributed by atoms with Crippen LogP contribution in [0, 0.1) is 0 Å². The first-order valence-electron chi connectivity index (χ1n) is 8.95. The summed E-state index contributed by atoms with van der Waals surface area (Å²) < 4.78 is 6.83. The van der Waals surface area contributed by atoms with Gasteiger partial charge in [-0.15, -0.1) is 6.58 Å². The van der Waals surface area contributed by atoms with Crippen molar-refractivity contribution >= 4 is 52.2 Å². The van der Waals surface area contributed by atoms with Crippen LogP contribution in [0.15, 0.2) is 48.7 Å². The van der Waals surface area contributed by atoms with Gasteiger partial charge < -0.3 is 4.74 Å². The van der Waals surface area contributed by atoms with Gasteiger partial charge in [-0.25, -0.2) is 4.79 Å². The van der Waals surface area contributed by atoms with Crippen molar-refractivity contribution in [2.24, 2.45) is 0 Å². The molecular weight excluding hydrogens is 390 g/mol. The fourth-order valence-corrected chi connectivity index (χ4v) is 3.18. The molecule has 8 heteroatoms. The van der Waals surface area contributed by atoms with Crippen molar-refractivity contribution in [2.75, 3.05) is 6.54 Å². The van der Waals surface area contributed by atoms with Crippen LogP contribution in [0.5, 0.6) is 0 Å². The van der Waals surface area contributed by atoms with Crippen LogP contribution < -0.4 is 5.32 Å². The quantitative estimate of drug-likeness (QED) is 0.363. The molecule has 0 radical (unpaired) electrons. The molecule has 0 aliphatic carbocycles. The zero-order valence-electron chi connectivity index (χ0n) is 16.4. The van der Waals surface area contributed by atoms with Gasteiger partial charge in [-0.05, 0) is 45.1 Å². The van der Waals surface area contributed by atoms with E-state index in [0.717, 1.165) is 0 Å². The van der Waals surface area contributed by atoms with Crippen LogP contribution in [-0.4, -0.2) is 44.6 Å². The number of para-hydroxylation sites is 1. The number of carbonyl (C=O) groups excluding carboxylic acids is 3. The van der Waals surface area contributed by atoms with Crippen molar-refractivity contribution in [3.63, 3.8) is 0 Å². The van der Waals surface area contributed by atoms with E-state index in [1.807, 2.05) is 6.07 Å². The molecule has 0 bridgehead atoms. The zero-order chi connectivity index (χ0) is 21.3. The average Bonchev–Trinajstić information content (AvgIpc) is 3.00. The van der Waals surface area contributed by atoms with Gasteiger partial charge >= 0.3 is 6.09 Å². The largest absolute Gasteiger partial charge is 0.443 e. The number of ether oxygens (including phenoxy) is 1. The van der Waals surface area contributed by atoms with E-state index in [0.29, 0.717) is 16.5 Å². The molecule has 1 saturated heterocycles. The van der Waals surface area contributed by atoms with E-state index < -0.39 is 23.5 Å². The van der Waals surface area contributed by atoms with Crippen LogP contribution in [0.4, 0.5) is 4.79 Å². The van der Waals surface area contributed by atoms with Crippen molar-refractivity contribution < 1.29 is 19.1 Å². The number of carbonyl (C=O) groups is 3. The number of aromatic nitrogens is 1. The zero-order valence-corrected chi connectivity index (χ0v) is 17.2. The van der Waals surface area contributed by atoms with E-state index in [1.165, 1.54) is 21.6 Å². The fourth-order valence-electron chi connectivity index (χ4n) is 2.93. The average molecular weight is 411 g/mol. The molecule has 1 N–H and O–H groups in total. The molecule has 1 aromatic carbocycles. The summed E-state index contributed by atoms with van der Waals surface area (Å²) >= 11 is 5.06. The van der Waals surface area contributed by atoms with E-state index in [2.05, 4.69) is 11.9 Å². The summed E-state index contributed by atoms with van der Waals surface area (Å²) in [4.78, 5) is 39.0. The van der Waals surface area contributed by atoms with Gasteiger partial charge in [0.05, 0.1) is 5.52 Å². The normalized spacial score (nSPS) is 16.3. The highest BCUT2D eigenvalue weighted by Gasteiger charge is 2.33. The Labute approximate surface area is 173 Å². The van der Waals surface area contributed by atoms with Gasteiger partial charge in [0.1, 0.15) is 11.2 Å². The minimum atomic E-state index is -0.665. The molecule has 2 heterocycles. The molecule has 7 nitrogen and oxygen atoms in total. The van der Waals surface area contributed by atoms with Gasteiger partial charge in [0.25, 0.3) is 11.8 Å². The smallest absolute Gasteiger partial charge is 0.419 e. The lowest BCUT2D eigenvalue weighted by Gasteiger charge is -2.27. The second-order valence-corrected chi connectivity index (χ2v) is 7.86. The summed E-state index contributed by atoms with van der Waals surface area (Å²) in [5.74, 6) is -1.11. The Morgan fingerprint density at radius 1 is 1.28 bits per heavy atom. The number of nitrogens with one attached hydrogen (secondary N) is 1. The maximum Gasteiger partial charge on any atom is 0.419 e. The Kier molecular flexibility index (Phi) is 5.39. The maximum absolute atomic E-state index is 12.8. The summed E-state index contributed by atoms with van der Waals surface area (Å²) in [7, 11) is 0. The highest BCUT2D eigenvalue weighted by Crippen LogP contribution is 2.26. The Morgan fingerprint density at radius 2 is 1.97 bits per heavy atom. The third-order valence-corrected chi connectivity index (χ3v) is 4.45. The summed E-state index contributed by atoms with van der Waals surface area (Å²) in [5.41, 5.74) is 0.404. The summed E-state index contributed by atoms with van der Waals surface area (Å²) in [6, 6.07) is 7.18. The molecule has 0 atom stereocenters. The van der Waals surface area contributed by atoms with E-state index >= 15 is 0 Å². The highest BCUT2D eigenvalue weighted by atomic mass is 32.1. The molecule has 29 heavy (non-hydrogen) atoms. The number of benzene rings is 1. The second kappa shape index (κ2) is 7.63. The van der Waals surface area contributed by atoms with Gasteiger partial charge in [0.2, 0.25) is 0 Å². The lowest BCUT2D eigenvalue weighted by Crippen LogP contribution is -2.53. The number of hydrogen-bond donors (Lipinski definition) is 1. The van der Waals surface area contributed by atoms with Crippen molar-refractivity contribution in [1.29, 1.82) is 0 Å². The summed E-state index contributed by atoms with van der Waals surface area (Å²) in [5, 5.41) is 3.25. The first kappa shape index (κ1) is 20.5. The van der Waals surface area contributed by atoms with E-state index in [-0.39, 0.29) is 17.2 Å². The Hall–Kier alpha value is -3.26. The number of amides is 2. The van der Waals surface area contributed by atoms with Gasteiger partial charge in [-0.2, -0.15) is 0 Å². The molecule has 1 aliphatic rings. The third-order valence-electron chi connectivity index (χ3n) is 4.13. The number of nitrogens with zero attached hydrogens (tertiary/aromatic N) is 2. The van der Waals surface area contributed by atoms with Crippen molar-refractivity contribution in [1.82, 2.24) is 14.8 Å². The molecule has 0 spiro atoms. The van der Waals surface area contributed by atoms with Gasteiger partial charge in [-0.3, -0.25) is 24.4 Å². The predicted octanol–water partition coefficient (Wildman–Crippen LogP) is 3.24. The highest BCUT2D eigenvalue weighted by molar-refractivity contribution is 7.80. The van der Waals surface area contributed by atoms with Gasteiger partial charge in [0, 0.05) is 23.7 Å². The summed E-state index contributed by atoms with van der Waals surface area (Å²) in [6.07, 6.45) is 3.98. The van der Waals surface area contributed by atoms with Crippen LogP contribution in [0.2, 0.25) is 0 Å². The number of rotatable bonds is 3. The van der Waals surface area contributed by atoms with E-state index in [9.17, 15) is 14.4 Å². The second-order valence-electron chi connectivity index (χ2n) is 7.47. The number of fused-ring (bicyclic) bond motifs is 1. The maximum atomic E-state index is 12.8. The molecule has 150 valence electrons. The van der Waals surface area contributed by atoms with Crippen LogP contribution in [0.1, 0.15) is 26.3 Å². The lowest BCUT2D eigenvalue weighted by molar-refractivity contribution is -0.128. The minimum Gasteiger partial charge on any atom is -0.443 e. The van der Waals surface area contributed by atoms with E-state index in [4.69, 9.17) is 17.0 Å². The van der Waals surface area contributed by atoms with Crippen LogP contribution >= 0.6 is 12.2 Å². The Morgan fingerprint density at radius 3 is 2.62 bits per heavy atom. The Bertz CT molecular complexity index is 1080. The lowest BCUT2D eigenvalue weighted by atomic mass is 10.1. The first-order valence-corrected chi connectivity index (χ1v) is 9.36. The van der Waals surface area contributed by atoms with E-state index in [1.54, 1.807) is 45.2 Å². The fraction of sp³-hybridized carbons (Fsp3) is 0.238. The van der Waals surface area contributed by atoms with Crippen molar-refractivity contribution in [3.05, 3.63) is 54.3 Å². The molecule has 2 aromatic rings. The Balaban J connectivity index is 2.09. The minimum absolute atomic E-state index is 0.0354. The van der Waals surface area contributed by atoms with Crippen molar-refractivity contribution in [2.45, 2.75) is 26.4 Å². The molecule has 1 aliphatic heterocycles. The SMILES string of the molecule is C=CCN1C(=O)/C(=C\c2cn(C(=O)OC(C)(C)C)c3ccccc23)C(=O)NC1=S. The standard InChI is InChI=1S/C21H21N3O4S/c1-5-10-23-18(26)15(17(25)22-19(23)29)11-13-12-24(20(27)28-21(2,3)4)16-9-7-6-8-14(13)16/h5-9,11-12H,1,10H2,2-4H3,(H,22,25,29)/b15-11-. The number of hydrogen-bond acceptors (Lipinski definition) is 5. The predicted molar refractivity (Wildman–Crippen MR) is 114 cm³/mol. The topological polar surface area (TPSA) is 80.6 Å². The molecule has 2 amide bonds. The van der Waals surface area contributed by atoms with Crippen molar-refractivity contribution in [3.8, 4) is 0 Å². The van der Waals surface area contributed by atoms with Gasteiger partial charge in [0.15, 0.2) is 5.11 Å². The monoisotopic (exact) mass is 411 g/mol. The summed E-state index contributed by atoms with van der Waals surface area (Å²) in [6.45, 7) is 9.12. The molecule has 0 unspecified atom stereocenters. The molecular formula is C21H21N3O4S. The van der Waals surface area contributed by atoms with Gasteiger partial charge in [-0.1, -0.05) is 24.3 Å². The van der Waals surface area contributed by atoms with Crippen LogP contribution in [-0.2, 0) is 14.3 Å². The van der Waals surface area contributed by atoms with Crippen LogP contribution in [0.25, 0.3) is 17.0 Å². The number of thiocarbonyl (C=S) groups is 1. The molecule has 0 saturated carbocycles. The first-order chi connectivity index (χ1) is 13.6. The van der Waals surface area contributed by atoms with Crippen LogP contribution in [0.3, 0.4) is 0 Å². The third kappa shape index (κ3) is 4.12. The molecule has 1 aromatic heterocycles.